The highest BCUT2D eigenvalue weighted by molar-refractivity contribution is 7.99. The summed E-state index contributed by atoms with van der Waals surface area (Å²) in [5, 5.41) is 4.03. The van der Waals surface area contributed by atoms with E-state index in [0.717, 1.165) is 40.8 Å². The lowest BCUT2D eigenvalue weighted by Gasteiger charge is -2.12. The summed E-state index contributed by atoms with van der Waals surface area (Å²) in [4.78, 5) is 17.0. The van der Waals surface area contributed by atoms with E-state index >= 15 is 0 Å². The lowest BCUT2D eigenvalue weighted by Crippen LogP contribution is -2.26. The molecule has 158 valence electrons. The SMILES string of the molecule is CCCn1c(SCCNC(=O)CC(C)C)nc(-c2ccccc2)c1-c1ccccc1. The number of hydrogen-bond acceptors (Lipinski definition) is 3. The van der Waals surface area contributed by atoms with Gasteiger partial charge in [-0.1, -0.05) is 93.2 Å². The first-order valence-corrected chi connectivity index (χ1v) is 11.7. The van der Waals surface area contributed by atoms with E-state index in [2.05, 4.69) is 79.2 Å². The monoisotopic (exact) mass is 421 g/mol. The van der Waals surface area contributed by atoms with Gasteiger partial charge in [0.05, 0.1) is 11.4 Å². The quantitative estimate of drug-likeness (QED) is 0.328. The van der Waals surface area contributed by atoms with E-state index in [1.54, 1.807) is 11.8 Å². The molecule has 0 aliphatic heterocycles. The van der Waals surface area contributed by atoms with Gasteiger partial charge in [0, 0.05) is 36.4 Å². The zero-order valence-electron chi connectivity index (χ0n) is 18.1. The highest BCUT2D eigenvalue weighted by atomic mass is 32.2. The highest BCUT2D eigenvalue weighted by Crippen LogP contribution is 2.36. The first-order chi connectivity index (χ1) is 14.6. The Balaban J connectivity index is 1.88. The predicted molar refractivity (Wildman–Crippen MR) is 127 cm³/mol. The summed E-state index contributed by atoms with van der Waals surface area (Å²) < 4.78 is 2.33. The van der Waals surface area contributed by atoms with Crippen LogP contribution >= 0.6 is 11.8 Å². The molecule has 0 saturated heterocycles. The van der Waals surface area contributed by atoms with E-state index in [-0.39, 0.29) is 5.91 Å². The summed E-state index contributed by atoms with van der Waals surface area (Å²) in [5.41, 5.74) is 4.48. The van der Waals surface area contributed by atoms with E-state index < -0.39 is 0 Å². The van der Waals surface area contributed by atoms with Crippen molar-refractivity contribution in [2.45, 2.75) is 45.3 Å². The van der Waals surface area contributed by atoms with Crippen LogP contribution in [0.2, 0.25) is 0 Å². The molecule has 0 saturated carbocycles. The normalized spacial score (nSPS) is 11.1. The summed E-state index contributed by atoms with van der Waals surface area (Å²) >= 11 is 1.71. The molecule has 0 radical (unpaired) electrons. The molecule has 0 aliphatic carbocycles. The van der Waals surface area contributed by atoms with Gasteiger partial charge in [0.1, 0.15) is 0 Å². The molecule has 1 N–H and O–H groups in total. The van der Waals surface area contributed by atoms with E-state index in [1.165, 1.54) is 5.56 Å². The van der Waals surface area contributed by atoms with Gasteiger partial charge in [0.2, 0.25) is 5.91 Å². The second kappa shape index (κ2) is 11.0. The minimum atomic E-state index is 0.123. The molecule has 30 heavy (non-hydrogen) atoms. The molecule has 5 heteroatoms. The number of rotatable bonds is 10. The van der Waals surface area contributed by atoms with Gasteiger partial charge in [0.25, 0.3) is 0 Å². The first kappa shape index (κ1) is 22.2. The Morgan fingerprint density at radius 1 is 1.03 bits per heavy atom. The van der Waals surface area contributed by atoms with Gasteiger partial charge in [-0.05, 0) is 12.3 Å². The number of hydrogen-bond donors (Lipinski definition) is 1. The average Bonchev–Trinajstić information content (AvgIpc) is 3.10. The van der Waals surface area contributed by atoms with Crippen LogP contribution < -0.4 is 5.32 Å². The summed E-state index contributed by atoms with van der Waals surface area (Å²) in [5.74, 6) is 1.30. The molecular formula is C25H31N3OS. The fourth-order valence-electron chi connectivity index (χ4n) is 3.44. The number of nitrogens with zero attached hydrogens (tertiary/aromatic N) is 2. The van der Waals surface area contributed by atoms with Crippen molar-refractivity contribution in [3.63, 3.8) is 0 Å². The molecule has 0 fully saturated rings. The molecule has 4 nitrogen and oxygen atoms in total. The zero-order valence-corrected chi connectivity index (χ0v) is 18.9. The minimum Gasteiger partial charge on any atom is -0.355 e. The Morgan fingerprint density at radius 3 is 2.27 bits per heavy atom. The first-order valence-electron chi connectivity index (χ1n) is 10.7. The van der Waals surface area contributed by atoms with E-state index in [9.17, 15) is 4.79 Å². The number of aromatic nitrogens is 2. The number of carbonyl (C=O) groups is 1. The molecule has 0 spiro atoms. The van der Waals surface area contributed by atoms with Crippen molar-refractivity contribution in [1.82, 2.24) is 14.9 Å². The van der Waals surface area contributed by atoms with Crippen LogP contribution in [0.5, 0.6) is 0 Å². The number of imidazole rings is 1. The average molecular weight is 422 g/mol. The molecule has 3 aromatic rings. The van der Waals surface area contributed by atoms with Crippen molar-refractivity contribution < 1.29 is 4.79 Å². The van der Waals surface area contributed by atoms with E-state index in [0.29, 0.717) is 18.9 Å². The van der Waals surface area contributed by atoms with Gasteiger partial charge in [-0.25, -0.2) is 4.98 Å². The second-order valence-corrected chi connectivity index (χ2v) is 8.83. The van der Waals surface area contributed by atoms with Crippen LogP contribution in [0.25, 0.3) is 22.5 Å². The molecule has 1 amide bonds. The summed E-state index contributed by atoms with van der Waals surface area (Å²) in [7, 11) is 0. The lowest BCUT2D eigenvalue weighted by atomic mass is 10.0. The van der Waals surface area contributed by atoms with Gasteiger partial charge >= 0.3 is 0 Å². The van der Waals surface area contributed by atoms with Crippen LogP contribution in [0.4, 0.5) is 0 Å². The van der Waals surface area contributed by atoms with Gasteiger partial charge < -0.3 is 9.88 Å². The van der Waals surface area contributed by atoms with Crippen molar-refractivity contribution >= 4 is 17.7 Å². The fraction of sp³-hybridized carbons (Fsp3) is 0.360. The number of benzene rings is 2. The fourth-order valence-corrected chi connectivity index (χ4v) is 4.32. The second-order valence-electron chi connectivity index (χ2n) is 7.77. The molecular weight excluding hydrogens is 390 g/mol. The van der Waals surface area contributed by atoms with Crippen LogP contribution in [-0.2, 0) is 11.3 Å². The maximum absolute atomic E-state index is 11.9. The summed E-state index contributed by atoms with van der Waals surface area (Å²) in [6, 6.07) is 20.9. The molecule has 2 aromatic carbocycles. The summed E-state index contributed by atoms with van der Waals surface area (Å²) in [6.45, 7) is 7.87. The van der Waals surface area contributed by atoms with Gasteiger partial charge in [0.15, 0.2) is 5.16 Å². The molecule has 3 rings (SSSR count). The Kier molecular flexibility index (Phi) is 8.14. The van der Waals surface area contributed by atoms with Gasteiger partial charge in [-0.15, -0.1) is 0 Å². The highest BCUT2D eigenvalue weighted by Gasteiger charge is 2.19. The van der Waals surface area contributed by atoms with Gasteiger partial charge in [-0.2, -0.15) is 0 Å². The van der Waals surface area contributed by atoms with Crippen molar-refractivity contribution in [3.05, 3.63) is 60.7 Å². The third-order valence-electron chi connectivity index (χ3n) is 4.72. The van der Waals surface area contributed by atoms with Crippen LogP contribution in [0, 0.1) is 5.92 Å². The zero-order chi connectivity index (χ0) is 21.3. The smallest absolute Gasteiger partial charge is 0.220 e. The maximum Gasteiger partial charge on any atom is 0.220 e. The standard InChI is InChI=1S/C25H31N3OS/c1-4-16-28-24(21-13-9-6-10-14-21)23(20-11-7-5-8-12-20)27-25(28)30-17-15-26-22(29)18-19(2)3/h5-14,19H,4,15-18H2,1-3H3,(H,26,29). The molecule has 1 heterocycles. The Morgan fingerprint density at radius 2 is 1.67 bits per heavy atom. The number of amides is 1. The third kappa shape index (κ3) is 5.76. The van der Waals surface area contributed by atoms with Crippen LogP contribution in [0.3, 0.4) is 0 Å². The van der Waals surface area contributed by atoms with Gasteiger partial charge in [-0.3, -0.25) is 4.79 Å². The number of nitrogens with one attached hydrogen (secondary N) is 1. The van der Waals surface area contributed by atoms with Crippen LogP contribution in [0.1, 0.15) is 33.6 Å². The topological polar surface area (TPSA) is 46.9 Å². The predicted octanol–water partition coefficient (Wildman–Crippen LogP) is 5.88. The molecule has 0 aliphatic rings. The van der Waals surface area contributed by atoms with Crippen molar-refractivity contribution in [3.8, 4) is 22.5 Å². The van der Waals surface area contributed by atoms with Crippen molar-refractivity contribution in [1.29, 1.82) is 0 Å². The molecule has 0 unspecified atom stereocenters. The number of carbonyl (C=O) groups excluding carboxylic acids is 1. The Hall–Kier alpha value is -2.53. The van der Waals surface area contributed by atoms with E-state index in [4.69, 9.17) is 4.98 Å². The molecule has 0 bridgehead atoms. The lowest BCUT2D eigenvalue weighted by molar-refractivity contribution is -0.121. The van der Waals surface area contributed by atoms with Crippen LogP contribution in [-0.4, -0.2) is 27.8 Å². The molecule has 1 aromatic heterocycles. The third-order valence-corrected chi connectivity index (χ3v) is 5.70. The minimum absolute atomic E-state index is 0.123. The van der Waals surface area contributed by atoms with Crippen LogP contribution in [0.15, 0.2) is 65.8 Å². The van der Waals surface area contributed by atoms with E-state index in [1.807, 2.05) is 12.1 Å². The molecule has 0 atom stereocenters. The Bertz CT molecular complexity index is 936. The van der Waals surface area contributed by atoms with Crippen molar-refractivity contribution in [2.75, 3.05) is 12.3 Å². The largest absolute Gasteiger partial charge is 0.355 e. The van der Waals surface area contributed by atoms with Crippen molar-refractivity contribution in [2.24, 2.45) is 5.92 Å². The Labute approximate surface area is 184 Å². The summed E-state index contributed by atoms with van der Waals surface area (Å²) in [6.07, 6.45) is 1.61. The number of thioether (sulfide) groups is 1. The maximum atomic E-state index is 11.9.